The van der Waals surface area contributed by atoms with E-state index >= 15 is 0 Å². The summed E-state index contributed by atoms with van der Waals surface area (Å²) in [5.41, 5.74) is 11.6. The van der Waals surface area contributed by atoms with Gasteiger partial charge in [0.15, 0.2) is 0 Å². The highest BCUT2D eigenvalue weighted by molar-refractivity contribution is 6.02. The first-order valence-corrected chi connectivity index (χ1v) is 8.86. The third-order valence-electron chi connectivity index (χ3n) is 4.24. The third-order valence-corrected chi connectivity index (χ3v) is 4.24. The summed E-state index contributed by atoms with van der Waals surface area (Å²) in [4.78, 5) is 12.5. The lowest BCUT2D eigenvalue weighted by atomic mass is 9.99. The highest BCUT2D eigenvalue weighted by atomic mass is 16.5. The van der Waals surface area contributed by atoms with E-state index in [1.54, 1.807) is 0 Å². The quantitative estimate of drug-likeness (QED) is 0.766. The average molecular weight is 339 g/mol. The molecule has 2 aliphatic carbocycles. The van der Waals surface area contributed by atoms with Gasteiger partial charge in [-0.2, -0.15) is 0 Å². The summed E-state index contributed by atoms with van der Waals surface area (Å²) in [6.07, 6.45) is 3.97. The topological polar surface area (TPSA) is 52.3 Å². The number of fused-ring (bicyclic) bond motifs is 1. The van der Waals surface area contributed by atoms with Crippen molar-refractivity contribution in [1.82, 2.24) is 0 Å². The van der Waals surface area contributed by atoms with Crippen LogP contribution in [0.5, 0.6) is 0 Å². The van der Waals surface area contributed by atoms with Crippen molar-refractivity contribution < 1.29 is 9.53 Å². The lowest BCUT2D eigenvalue weighted by molar-refractivity contribution is 0.0527. The highest BCUT2D eigenvalue weighted by Crippen LogP contribution is 2.37. The van der Waals surface area contributed by atoms with Crippen LogP contribution in [0.3, 0.4) is 0 Å². The van der Waals surface area contributed by atoms with E-state index in [2.05, 4.69) is 32.0 Å². The van der Waals surface area contributed by atoms with Gasteiger partial charge in [0, 0.05) is 5.54 Å². The van der Waals surface area contributed by atoms with Crippen LogP contribution in [0, 0.1) is 6.92 Å². The van der Waals surface area contributed by atoms with Crippen molar-refractivity contribution in [2.75, 3.05) is 6.61 Å². The number of carbonyl (C=O) groups is 1. The Labute approximate surface area is 151 Å². The number of esters is 1. The minimum absolute atomic E-state index is 0.278. The number of rotatable bonds is 5. The van der Waals surface area contributed by atoms with Gasteiger partial charge in [-0.3, -0.25) is 0 Å². The lowest BCUT2D eigenvalue weighted by Crippen LogP contribution is -2.28. The summed E-state index contributed by atoms with van der Waals surface area (Å²) < 4.78 is 5.27. The maximum atomic E-state index is 12.5. The fourth-order valence-electron chi connectivity index (χ4n) is 2.87. The van der Waals surface area contributed by atoms with Crippen LogP contribution in [0.15, 0.2) is 30.3 Å². The van der Waals surface area contributed by atoms with Crippen molar-refractivity contribution in [2.24, 2.45) is 5.73 Å². The number of aryl methyl sites for hydroxylation is 1. The zero-order chi connectivity index (χ0) is 18.8. The second kappa shape index (κ2) is 7.40. The molecule has 0 unspecified atom stereocenters. The molecule has 0 spiro atoms. The van der Waals surface area contributed by atoms with E-state index in [9.17, 15) is 4.79 Å². The molecule has 0 aliphatic heterocycles. The third kappa shape index (κ3) is 4.49. The molecular weight excluding hydrogens is 310 g/mol. The van der Waals surface area contributed by atoms with E-state index in [0.717, 1.165) is 22.3 Å². The lowest BCUT2D eigenvalue weighted by Gasteiger charge is -2.11. The SMILES string of the molecule is CCOC(=O)c1cc(C=CC(C)(C)N)c2cc(C(C)C)ccc(C)c1-2. The molecule has 0 bridgehead atoms. The van der Waals surface area contributed by atoms with Gasteiger partial charge in [-0.05, 0) is 67.5 Å². The first-order valence-electron chi connectivity index (χ1n) is 8.86. The molecule has 0 saturated heterocycles. The molecule has 2 rings (SSSR count). The van der Waals surface area contributed by atoms with Crippen LogP contribution >= 0.6 is 0 Å². The standard InChI is InChI=1S/C22H29NO2/c1-7-25-21(24)19-13-17(10-11-22(5,6)23)18-12-16(14(2)3)9-8-15(4)20(18)19/h8-14H,7,23H2,1-6H3. The second-order valence-corrected chi connectivity index (χ2v) is 7.49. The van der Waals surface area contributed by atoms with Gasteiger partial charge in [0.1, 0.15) is 0 Å². The Morgan fingerprint density at radius 3 is 2.52 bits per heavy atom. The molecule has 0 aromatic heterocycles. The number of carbonyl (C=O) groups excluding carboxylic acids is 1. The summed E-state index contributed by atoms with van der Waals surface area (Å²) in [6, 6.07) is 8.32. The maximum Gasteiger partial charge on any atom is 0.338 e. The maximum absolute atomic E-state index is 12.5. The molecule has 0 aromatic rings. The second-order valence-electron chi connectivity index (χ2n) is 7.49. The van der Waals surface area contributed by atoms with E-state index in [1.165, 1.54) is 5.56 Å². The van der Waals surface area contributed by atoms with Gasteiger partial charge in [-0.25, -0.2) is 4.79 Å². The molecular formula is C22H29NO2. The van der Waals surface area contributed by atoms with Crippen molar-refractivity contribution in [3.8, 4) is 11.1 Å². The number of hydrogen-bond acceptors (Lipinski definition) is 3. The number of nitrogens with two attached hydrogens (primary N) is 1. The summed E-state index contributed by atoms with van der Waals surface area (Å²) in [5.74, 6) is 0.123. The first-order chi connectivity index (χ1) is 11.6. The normalized spacial score (nSPS) is 12.3. The van der Waals surface area contributed by atoms with Crippen molar-refractivity contribution in [3.05, 3.63) is 52.6 Å². The van der Waals surface area contributed by atoms with E-state index < -0.39 is 5.54 Å². The molecule has 0 atom stereocenters. The molecule has 2 aliphatic rings. The van der Waals surface area contributed by atoms with Crippen LogP contribution in [0.4, 0.5) is 0 Å². The molecule has 0 radical (unpaired) electrons. The number of ether oxygens (including phenoxy) is 1. The minimum atomic E-state index is -0.416. The minimum Gasteiger partial charge on any atom is -0.462 e. The molecule has 0 fully saturated rings. The van der Waals surface area contributed by atoms with Gasteiger partial charge in [0.2, 0.25) is 0 Å². The molecule has 134 valence electrons. The molecule has 3 heteroatoms. The Balaban J connectivity index is 2.73. The van der Waals surface area contributed by atoms with Crippen molar-refractivity contribution in [1.29, 1.82) is 0 Å². The van der Waals surface area contributed by atoms with Gasteiger partial charge < -0.3 is 10.5 Å². The van der Waals surface area contributed by atoms with E-state index in [0.29, 0.717) is 18.1 Å². The molecule has 3 nitrogen and oxygen atoms in total. The predicted molar refractivity (Wildman–Crippen MR) is 105 cm³/mol. The fraction of sp³-hybridized carbons (Fsp3) is 0.409. The zero-order valence-corrected chi connectivity index (χ0v) is 16.1. The monoisotopic (exact) mass is 339 g/mol. The van der Waals surface area contributed by atoms with Crippen molar-refractivity contribution >= 4 is 12.0 Å². The Morgan fingerprint density at radius 2 is 1.96 bits per heavy atom. The Morgan fingerprint density at radius 1 is 1.28 bits per heavy atom. The van der Waals surface area contributed by atoms with Gasteiger partial charge in [0.25, 0.3) is 0 Å². The molecule has 0 amide bonds. The summed E-state index contributed by atoms with van der Waals surface area (Å²) in [5, 5.41) is 0. The van der Waals surface area contributed by atoms with Crippen LogP contribution in [-0.2, 0) is 4.74 Å². The predicted octanol–water partition coefficient (Wildman–Crippen LogP) is 5.15. The average Bonchev–Trinajstić information content (AvgIpc) is 2.77. The largest absolute Gasteiger partial charge is 0.462 e. The van der Waals surface area contributed by atoms with E-state index in [4.69, 9.17) is 10.5 Å². The summed E-state index contributed by atoms with van der Waals surface area (Å²) in [6.45, 7) is 12.5. The van der Waals surface area contributed by atoms with Gasteiger partial charge in [-0.15, -0.1) is 0 Å². The van der Waals surface area contributed by atoms with Gasteiger partial charge in [-0.1, -0.05) is 44.2 Å². The van der Waals surface area contributed by atoms with Crippen molar-refractivity contribution in [3.63, 3.8) is 0 Å². The Hall–Kier alpha value is -2.13. The van der Waals surface area contributed by atoms with Gasteiger partial charge >= 0.3 is 5.97 Å². The molecule has 25 heavy (non-hydrogen) atoms. The van der Waals surface area contributed by atoms with Crippen LogP contribution in [0.1, 0.15) is 67.6 Å². The van der Waals surface area contributed by atoms with Crippen LogP contribution in [0.25, 0.3) is 17.2 Å². The molecule has 0 saturated carbocycles. The van der Waals surface area contributed by atoms with Gasteiger partial charge in [0.05, 0.1) is 12.2 Å². The van der Waals surface area contributed by atoms with E-state index in [1.807, 2.05) is 45.9 Å². The van der Waals surface area contributed by atoms with Crippen molar-refractivity contribution in [2.45, 2.75) is 53.0 Å². The first kappa shape index (κ1) is 19.2. The summed E-state index contributed by atoms with van der Waals surface area (Å²) in [7, 11) is 0. The molecule has 0 aromatic carbocycles. The molecule has 2 N–H and O–H groups in total. The smallest absolute Gasteiger partial charge is 0.338 e. The Bertz CT molecular complexity index is 767. The number of hydrogen-bond donors (Lipinski definition) is 1. The molecule has 0 heterocycles. The van der Waals surface area contributed by atoms with E-state index in [-0.39, 0.29) is 5.97 Å². The Kier molecular flexibility index (Phi) is 5.69. The summed E-state index contributed by atoms with van der Waals surface area (Å²) >= 11 is 0. The zero-order valence-electron chi connectivity index (χ0n) is 16.1. The highest BCUT2D eigenvalue weighted by Gasteiger charge is 2.23. The van der Waals surface area contributed by atoms with Crippen LogP contribution < -0.4 is 5.73 Å². The van der Waals surface area contributed by atoms with Crippen LogP contribution in [0.2, 0.25) is 0 Å². The van der Waals surface area contributed by atoms with Crippen LogP contribution in [-0.4, -0.2) is 18.1 Å². The fourth-order valence-corrected chi connectivity index (χ4v) is 2.87.